The number of hydrogen-bond donors (Lipinski definition) is 2. The maximum Gasteiger partial charge on any atom is 0.262 e. The Morgan fingerprint density at radius 2 is 2.10 bits per heavy atom. The van der Waals surface area contributed by atoms with Crippen LogP contribution in [-0.4, -0.2) is 24.4 Å². The van der Waals surface area contributed by atoms with Crippen LogP contribution in [0.3, 0.4) is 0 Å². The number of halogens is 3. The van der Waals surface area contributed by atoms with E-state index in [-0.39, 0.29) is 18.3 Å². The molecule has 0 aromatic carbocycles. The number of hydrogen-bond acceptors (Lipinski definition) is 3. The quantitative estimate of drug-likeness (QED) is 0.870. The van der Waals surface area contributed by atoms with Crippen LogP contribution in [0.15, 0.2) is 0 Å². The van der Waals surface area contributed by atoms with Gasteiger partial charge in [-0.15, -0.1) is 23.7 Å². The maximum absolute atomic E-state index is 13.1. The van der Waals surface area contributed by atoms with Gasteiger partial charge in [-0.2, -0.15) is 0 Å². The summed E-state index contributed by atoms with van der Waals surface area (Å²) >= 11 is 1.60. The van der Waals surface area contributed by atoms with Crippen molar-refractivity contribution < 1.29 is 13.6 Å². The molecule has 0 bridgehead atoms. The first-order valence-electron chi connectivity index (χ1n) is 6.99. The number of thiophene rings is 1. The second-order valence-electron chi connectivity index (χ2n) is 5.65. The second-order valence-corrected chi connectivity index (χ2v) is 6.75. The number of aryl methyl sites for hydroxylation is 1. The summed E-state index contributed by atoms with van der Waals surface area (Å²) in [6.45, 7) is 1.60. The Kier molecular flexibility index (Phi) is 4.90. The molecule has 1 amide bonds. The van der Waals surface area contributed by atoms with Gasteiger partial charge in [0.2, 0.25) is 5.91 Å². The van der Waals surface area contributed by atoms with Gasteiger partial charge in [-0.05, 0) is 43.7 Å². The van der Waals surface area contributed by atoms with Crippen LogP contribution in [0.25, 0.3) is 0 Å². The van der Waals surface area contributed by atoms with Crippen molar-refractivity contribution in [1.29, 1.82) is 0 Å². The van der Waals surface area contributed by atoms with Crippen LogP contribution >= 0.6 is 23.7 Å². The number of alkyl halides is 2. The summed E-state index contributed by atoms with van der Waals surface area (Å²) in [6, 6.07) is -0.788. The van der Waals surface area contributed by atoms with E-state index in [4.69, 9.17) is 0 Å². The lowest BCUT2D eigenvalue weighted by Gasteiger charge is -2.11. The van der Waals surface area contributed by atoms with E-state index in [0.717, 1.165) is 23.4 Å². The highest BCUT2D eigenvalue weighted by atomic mass is 35.5. The number of nitrogens with one attached hydrogen (secondary N) is 2. The van der Waals surface area contributed by atoms with Gasteiger partial charge < -0.3 is 5.32 Å². The van der Waals surface area contributed by atoms with Crippen molar-refractivity contribution in [3.8, 4) is 0 Å². The summed E-state index contributed by atoms with van der Waals surface area (Å²) in [7, 11) is 0. The van der Waals surface area contributed by atoms with Crippen LogP contribution in [-0.2, 0) is 17.6 Å². The summed E-state index contributed by atoms with van der Waals surface area (Å²) in [6.07, 6.45) is 4.10. The molecule has 0 radical (unpaired) electrons. The van der Waals surface area contributed by atoms with Gasteiger partial charge in [0.15, 0.2) is 0 Å². The molecule has 1 unspecified atom stereocenters. The molecule has 2 N–H and O–H groups in total. The van der Waals surface area contributed by atoms with Crippen LogP contribution in [0.2, 0.25) is 0 Å². The topological polar surface area (TPSA) is 41.1 Å². The number of amides is 1. The van der Waals surface area contributed by atoms with Gasteiger partial charge in [0.25, 0.3) is 5.92 Å². The zero-order valence-corrected chi connectivity index (χ0v) is 13.4. The van der Waals surface area contributed by atoms with E-state index in [9.17, 15) is 13.6 Å². The zero-order valence-electron chi connectivity index (χ0n) is 11.8. The fraction of sp³-hybridized carbons (Fsp3) is 0.643. The molecule has 1 aliphatic carbocycles. The van der Waals surface area contributed by atoms with Crippen molar-refractivity contribution in [3.05, 3.63) is 16.0 Å². The monoisotopic (exact) mass is 336 g/mol. The van der Waals surface area contributed by atoms with Gasteiger partial charge >= 0.3 is 0 Å². The van der Waals surface area contributed by atoms with E-state index in [2.05, 4.69) is 10.6 Å². The molecule has 1 aromatic heterocycles. The van der Waals surface area contributed by atoms with Gasteiger partial charge in [-0.25, -0.2) is 8.78 Å². The largest absolute Gasteiger partial charge is 0.316 e. The molecule has 3 nitrogen and oxygen atoms in total. The summed E-state index contributed by atoms with van der Waals surface area (Å²) in [4.78, 5) is 13.4. The highest BCUT2D eigenvalue weighted by molar-refractivity contribution is 7.16. The normalized spacial score (nSPS) is 23.3. The van der Waals surface area contributed by atoms with Crippen molar-refractivity contribution in [2.75, 3.05) is 11.9 Å². The number of fused-ring (bicyclic) bond motifs is 1. The minimum Gasteiger partial charge on any atom is -0.316 e. The van der Waals surface area contributed by atoms with Crippen molar-refractivity contribution in [3.63, 3.8) is 0 Å². The van der Waals surface area contributed by atoms with Crippen LogP contribution in [0.4, 0.5) is 13.8 Å². The number of carbonyl (C=O) groups excluding carboxylic acids is 1. The van der Waals surface area contributed by atoms with Crippen LogP contribution in [0, 0.1) is 6.92 Å². The number of rotatable bonds is 2. The van der Waals surface area contributed by atoms with Gasteiger partial charge in [0, 0.05) is 11.3 Å². The summed E-state index contributed by atoms with van der Waals surface area (Å²) in [5, 5.41) is 6.25. The first-order valence-corrected chi connectivity index (χ1v) is 7.81. The Balaban J connectivity index is 0.00000161. The maximum atomic E-state index is 13.1. The third-order valence-corrected chi connectivity index (χ3v) is 5.41. The summed E-state index contributed by atoms with van der Waals surface area (Å²) in [5.74, 6) is -3.12. The van der Waals surface area contributed by atoms with Gasteiger partial charge in [0.05, 0.1) is 17.6 Å². The van der Waals surface area contributed by atoms with Crippen molar-refractivity contribution in [2.45, 2.75) is 51.0 Å². The summed E-state index contributed by atoms with van der Waals surface area (Å²) < 4.78 is 26.2. The number of carbonyl (C=O) groups is 1. The van der Waals surface area contributed by atoms with E-state index < -0.39 is 24.9 Å². The van der Waals surface area contributed by atoms with Crippen LogP contribution < -0.4 is 10.6 Å². The van der Waals surface area contributed by atoms with E-state index >= 15 is 0 Å². The molecule has 1 aromatic rings. The molecular weight excluding hydrogens is 318 g/mol. The molecule has 2 aliphatic rings. The van der Waals surface area contributed by atoms with E-state index in [0.29, 0.717) is 0 Å². The lowest BCUT2D eigenvalue weighted by atomic mass is 9.96. The molecule has 2 heterocycles. The molecule has 21 heavy (non-hydrogen) atoms. The Labute approximate surface area is 132 Å². The molecule has 0 spiro atoms. The second kappa shape index (κ2) is 6.18. The molecular formula is C14H19ClF2N2OS. The minimum atomic E-state index is -2.77. The van der Waals surface area contributed by atoms with Crippen LogP contribution in [0.5, 0.6) is 0 Å². The first-order chi connectivity index (χ1) is 9.46. The molecule has 118 valence electrons. The average molecular weight is 337 g/mol. The molecule has 1 saturated heterocycles. The fourth-order valence-corrected chi connectivity index (χ4v) is 4.24. The van der Waals surface area contributed by atoms with Gasteiger partial charge in [0.1, 0.15) is 0 Å². The van der Waals surface area contributed by atoms with Gasteiger partial charge in [-0.1, -0.05) is 0 Å². The molecule has 1 aliphatic heterocycles. The lowest BCUT2D eigenvalue weighted by molar-refractivity contribution is -0.118. The lowest BCUT2D eigenvalue weighted by Crippen LogP contribution is -2.35. The van der Waals surface area contributed by atoms with Gasteiger partial charge in [-0.3, -0.25) is 10.1 Å². The standard InChI is InChI=1S/C14H18F2N2OS.ClH/c1-8-9-4-2-3-5-11(9)20-13(8)18-12(19)10-6-14(15,16)7-17-10;/h10,17H,2-7H2,1H3,(H,18,19);1H. The van der Waals surface area contributed by atoms with Crippen molar-refractivity contribution in [2.24, 2.45) is 0 Å². The van der Waals surface area contributed by atoms with Crippen molar-refractivity contribution in [1.82, 2.24) is 5.32 Å². The molecule has 1 atom stereocenters. The minimum absolute atomic E-state index is 0. The Bertz CT molecular complexity index is 547. The molecule has 0 saturated carbocycles. The first kappa shape index (κ1) is 16.6. The fourth-order valence-electron chi connectivity index (χ4n) is 2.94. The number of anilines is 1. The Hall–Kier alpha value is -0.720. The Morgan fingerprint density at radius 1 is 1.38 bits per heavy atom. The smallest absolute Gasteiger partial charge is 0.262 e. The molecule has 7 heteroatoms. The van der Waals surface area contributed by atoms with E-state index in [1.165, 1.54) is 23.3 Å². The third-order valence-electron chi connectivity index (χ3n) is 4.10. The third kappa shape index (κ3) is 3.38. The Morgan fingerprint density at radius 3 is 2.71 bits per heavy atom. The van der Waals surface area contributed by atoms with E-state index in [1.807, 2.05) is 6.92 Å². The average Bonchev–Trinajstić information content (AvgIpc) is 2.92. The highest BCUT2D eigenvalue weighted by Gasteiger charge is 2.42. The summed E-state index contributed by atoms with van der Waals surface area (Å²) in [5.41, 5.74) is 2.46. The predicted molar refractivity (Wildman–Crippen MR) is 82.9 cm³/mol. The molecule has 1 fully saturated rings. The molecule has 3 rings (SSSR count). The van der Waals surface area contributed by atoms with Crippen molar-refractivity contribution >= 4 is 34.7 Å². The van der Waals surface area contributed by atoms with Crippen LogP contribution in [0.1, 0.15) is 35.3 Å². The highest BCUT2D eigenvalue weighted by Crippen LogP contribution is 2.37. The zero-order chi connectivity index (χ0) is 14.3. The van der Waals surface area contributed by atoms with E-state index in [1.54, 1.807) is 11.3 Å². The predicted octanol–water partition coefficient (Wildman–Crippen LogP) is 3.29. The SMILES string of the molecule is Cc1c(NC(=O)C2CC(F)(F)CN2)sc2c1CCCC2.Cl.